The Hall–Kier alpha value is -1.56. The van der Waals surface area contributed by atoms with E-state index in [4.69, 9.17) is 10.00 Å². The zero-order chi connectivity index (χ0) is 9.97. The lowest BCUT2D eigenvalue weighted by Crippen LogP contribution is -1.99. The van der Waals surface area contributed by atoms with Crippen molar-refractivity contribution in [3.8, 4) is 11.8 Å². The fourth-order valence-corrected chi connectivity index (χ4v) is 1.21. The third-order valence-corrected chi connectivity index (χ3v) is 2.18. The van der Waals surface area contributed by atoms with Crippen LogP contribution in [0.1, 0.15) is 18.4 Å². The van der Waals surface area contributed by atoms with Crippen molar-refractivity contribution >= 4 is 0 Å². The summed E-state index contributed by atoms with van der Waals surface area (Å²) in [6.45, 7) is 0.633. The number of hydrogen-bond donors (Lipinski definition) is 0. The van der Waals surface area contributed by atoms with Gasteiger partial charge in [-0.25, -0.2) is 4.39 Å². The summed E-state index contributed by atoms with van der Waals surface area (Å²) in [5.41, 5.74) is 0.302. The van der Waals surface area contributed by atoms with Gasteiger partial charge in [-0.2, -0.15) is 5.26 Å². The number of ether oxygens (including phenoxy) is 1. The first kappa shape index (κ1) is 9.01. The van der Waals surface area contributed by atoms with Crippen LogP contribution in [0.15, 0.2) is 18.2 Å². The van der Waals surface area contributed by atoms with Crippen LogP contribution in [0, 0.1) is 23.1 Å². The molecule has 0 saturated heterocycles. The molecule has 0 aliphatic heterocycles. The Morgan fingerprint density at radius 2 is 2.21 bits per heavy atom. The highest BCUT2D eigenvalue weighted by Crippen LogP contribution is 2.29. The minimum Gasteiger partial charge on any atom is -0.493 e. The molecule has 0 spiro atoms. The molecule has 1 fully saturated rings. The fraction of sp³-hybridized carbons (Fsp3) is 0.364. The topological polar surface area (TPSA) is 33.0 Å². The van der Waals surface area contributed by atoms with E-state index in [0.29, 0.717) is 23.8 Å². The smallest absolute Gasteiger partial charge is 0.128 e. The molecule has 1 aromatic rings. The lowest BCUT2D eigenvalue weighted by Gasteiger charge is -2.04. The second-order valence-corrected chi connectivity index (χ2v) is 3.54. The average Bonchev–Trinajstić information content (AvgIpc) is 2.97. The second kappa shape index (κ2) is 3.67. The predicted octanol–water partition coefficient (Wildman–Crippen LogP) is 2.49. The van der Waals surface area contributed by atoms with Gasteiger partial charge >= 0.3 is 0 Å². The van der Waals surface area contributed by atoms with E-state index in [1.165, 1.54) is 25.0 Å². The molecule has 1 aliphatic carbocycles. The Balaban J connectivity index is 2.07. The molecule has 0 heterocycles. The summed E-state index contributed by atoms with van der Waals surface area (Å²) >= 11 is 0. The highest BCUT2D eigenvalue weighted by molar-refractivity contribution is 5.37. The van der Waals surface area contributed by atoms with Crippen molar-refractivity contribution in [2.75, 3.05) is 6.61 Å². The Kier molecular flexibility index (Phi) is 2.36. The van der Waals surface area contributed by atoms with Gasteiger partial charge in [-0.15, -0.1) is 0 Å². The molecule has 0 N–H and O–H groups in total. The van der Waals surface area contributed by atoms with Crippen molar-refractivity contribution < 1.29 is 9.13 Å². The summed E-state index contributed by atoms with van der Waals surface area (Å²) < 4.78 is 18.3. The van der Waals surface area contributed by atoms with Gasteiger partial charge in [-0.3, -0.25) is 0 Å². The van der Waals surface area contributed by atoms with Gasteiger partial charge in [0.15, 0.2) is 0 Å². The monoisotopic (exact) mass is 191 g/mol. The van der Waals surface area contributed by atoms with Crippen LogP contribution in [0.5, 0.6) is 5.75 Å². The Morgan fingerprint density at radius 3 is 2.86 bits per heavy atom. The maximum absolute atomic E-state index is 12.9. The van der Waals surface area contributed by atoms with Crippen molar-refractivity contribution in [2.45, 2.75) is 12.8 Å². The molecular weight excluding hydrogens is 181 g/mol. The molecule has 0 unspecified atom stereocenters. The average molecular weight is 191 g/mol. The molecule has 1 aliphatic rings. The van der Waals surface area contributed by atoms with E-state index in [0.717, 1.165) is 0 Å². The first-order chi connectivity index (χ1) is 6.78. The first-order valence-corrected chi connectivity index (χ1v) is 4.61. The van der Waals surface area contributed by atoms with Gasteiger partial charge in [-0.05, 0) is 30.9 Å². The lowest BCUT2D eigenvalue weighted by atomic mass is 10.2. The van der Waals surface area contributed by atoms with Crippen LogP contribution in [0.25, 0.3) is 0 Å². The molecule has 0 bridgehead atoms. The van der Waals surface area contributed by atoms with E-state index in [2.05, 4.69) is 0 Å². The van der Waals surface area contributed by atoms with Gasteiger partial charge < -0.3 is 4.74 Å². The Morgan fingerprint density at radius 1 is 1.43 bits per heavy atom. The normalized spacial score (nSPS) is 14.9. The molecule has 72 valence electrons. The van der Waals surface area contributed by atoms with Crippen LogP contribution in [-0.2, 0) is 0 Å². The van der Waals surface area contributed by atoms with Crippen molar-refractivity contribution in [3.05, 3.63) is 29.6 Å². The van der Waals surface area contributed by atoms with Crippen LogP contribution >= 0.6 is 0 Å². The Bertz CT molecular complexity index is 379. The number of rotatable bonds is 3. The standard InChI is InChI=1S/C11H10FNO/c12-10-3-9(6-13)4-11(5-10)14-7-8-1-2-8/h3-5,8H,1-2,7H2. The van der Waals surface area contributed by atoms with Gasteiger partial charge in [0.2, 0.25) is 0 Å². The molecule has 0 radical (unpaired) electrons. The third-order valence-electron chi connectivity index (χ3n) is 2.18. The predicted molar refractivity (Wildman–Crippen MR) is 49.3 cm³/mol. The summed E-state index contributed by atoms with van der Waals surface area (Å²) in [6, 6.07) is 5.96. The molecule has 0 amide bonds. The minimum atomic E-state index is -0.421. The minimum absolute atomic E-state index is 0.302. The zero-order valence-electron chi connectivity index (χ0n) is 7.66. The van der Waals surface area contributed by atoms with Gasteiger partial charge in [-0.1, -0.05) is 0 Å². The largest absolute Gasteiger partial charge is 0.493 e. The molecule has 1 aromatic carbocycles. The Labute approximate surface area is 81.9 Å². The number of nitrogens with zero attached hydrogens (tertiary/aromatic N) is 1. The molecule has 14 heavy (non-hydrogen) atoms. The van der Waals surface area contributed by atoms with Gasteiger partial charge in [0.05, 0.1) is 18.2 Å². The molecule has 2 rings (SSSR count). The molecular formula is C11H10FNO. The van der Waals surface area contributed by atoms with E-state index in [1.807, 2.05) is 6.07 Å². The van der Waals surface area contributed by atoms with Gasteiger partial charge in [0.1, 0.15) is 11.6 Å². The van der Waals surface area contributed by atoms with E-state index >= 15 is 0 Å². The van der Waals surface area contributed by atoms with E-state index in [9.17, 15) is 4.39 Å². The second-order valence-electron chi connectivity index (χ2n) is 3.54. The van der Waals surface area contributed by atoms with Crippen molar-refractivity contribution in [3.63, 3.8) is 0 Å². The molecule has 0 aromatic heterocycles. The fourth-order valence-electron chi connectivity index (χ4n) is 1.21. The number of nitriles is 1. The van der Waals surface area contributed by atoms with Crippen LogP contribution < -0.4 is 4.74 Å². The first-order valence-electron chi connectivity index (χ1n) is 4.61. The van der Waals surface area contributed by atoms with Crippen LogP contribution in [-0.4, -0.2) is 6.61 Å². The van der Waals surface area contributed by atoms with E-state index in [1.54, 1.807) is 6.07 Å². The quantitative estimate of drug-likeness (QED) is 0.735. The van der Waals surface area contributed by atoms with Gasteiger partial charge in [0.25, 0.3) is 0 Å². The van der Waals surface area contributed by atoms with E-state index < -0.39 is 5.82 Å². The molecule has 0 atom stereocenters. The van der Waals surface area contributed by atoms with Crippen molar-refractivity contribution in [1.82, 2.24) is 0 Å². The van der Waals surface area contributed by atoms with Crippen LogP contribution in [0.2, 0.25) is 0 Å². The third kappa shape index (κ3) is 2.23. The summed E-state index contributed by atoms with van der Waals surface area (Å²) in [5, 5.41) is 8.60. The lowest BCUT2D eigenvalue weighted by molar-refractivity contribution is 0.298. The summed E-state index contributed by atoms with van der Waals surface area (Å²) in [7, 11) is 0. The number of halogens is 1. The number of hydrogen-bond acceptors (Lipinski definition) is 2. The van der Waals surface area contributed by atoms with Crippen molar-refractivity contribution in [1.29, 1.82) is 5.26 Å². The summed E-state index contributed by atoms with van der Waals surface area (Å²) in [6.07, 6.45) is 2.39. The highest BCUT2D eigenvalue weighted by atomic mass is 19.1. The summed E-state index contributed by atoms with van der Waals surface area (Å²) in [4.78, 5) is 0. The SMILES string of the molecule is N#Cc1cc(F)cc(OCC2CC2)c1. The molecule has 1 saturated carbocycles. The maximum atomic E-state index is 12.9. The maximum Gasteiger partial charge on any atom is 0.128 e. The molecule has 2 nitrogen and oxygen atoms in total. The summed E-state index contributed by atoms with van der Waals surface area (Å²) in [5.74, 6) is 0.659. The molecule has 3 heteroatoms. The van der Waals surface area contributed by atoms with Crippen LogP contribution in [0.3, 0.4) is 0 Å². The van der Waals surface area contributed by atoms with Gasteiger partial charge in [0, 0.05) is 6.07 Å². The number of benzene rings is 1. The van der Waals surface area contributed by atoms with Crippen molar-refractivity contribution in [2.24, 2.45) is 5.92 Å². The van der Waals surface area contributed by atoms with Crippen LogP contribution in [0.4, 0.5) is 4.39 Å². The zero-order valence-corrected chi connectivity index (χ0v) is 7.66. The van der Waals surface area contributed by atoms with E-state index in [-0.39, 0.29) is 0 Å². The highest BCUT2D eigenvalue weighted by Gasteiger charge is 2.21.